The fraction of sp³-hybridized carbons (Fsp3) is 0.286. The molecule has 0 unspecified atom stereocenters. The van der Waals surface area contributed by atoms with E-state index in [1.165, 1.54) is 0 Å². The third-order valence-electron chi connectivity index (χ3n) is 4.76. The standard InChI is InChI=1S/C21H21N3O4/c1-26-16-5-2-4-15(10-16)11-21(25)24-9-7-20-18(13-24)19(23-28-20)14-27-17-6-3-8-22-12-17/h2-6,8,10,12H,7,9,11,13-14H2,1H3. The smallest absolute Gasteiger partial charge is 0.227 e. The summed E-state index contributed by atoms with van der Waals surface area (Å²) in [5, 5.41) is 4.14. The normalized spacial score (nSPS) is 13.1. The summed E-state index contributed by atoms with van der Waals surface area (Å²) in [4.78, 5) is 18.7. The van der Waals surface area contributed by atoms with Gasteiger partial charge in [-0.05, 0) is 29.8 Å². The molecule has 144 valence electrons. The molecule has 1 aliphatic heterocycles. The van der Waals surface area contributed by atoms with E-state index >= 15 is 0 Å². The zero-order chi connectivity index (χ0) is 19.3. The first kappa shape index (κ1) is 18.0. The van der Waals surface area contributed by atoms with Gasteiger partial charge in [-0.25, -0.2) is 0 Å². The number of methoxy groups -OCH3 is 1. The zero-order valence-electron chi connectivity index (χ0n) is 15.6. The maximum Gasteiger partial charge on any atom is 0.227 e. The van der Waals surface area contributed by atoms with Crippen LogP contribution in [-0.2, 0) is 30.8 Å². The lowest BCUT2D eigenvalue weighted by atomic mass is 10.0. The lowest BCUT2D eigenvalue weighted by molar-refractivity contribution is -0.131. The molecule has 0 atom stereocenters. The average molecular weight is 379 g/mol. The monoisotopic (exact) mass is 379 g/mol. The maximum atomic E-state index is 12.8. The molecule has 0 bridgehead atoms. The van der Waals surface area contributed by atoms with E-state index in [9.17, 15) is 4.79 Å². The summed E-state index contributed by atoms with van der Waals surface area (Å²) in [5.41, 5.74) is 2.59. The van der Waals surface area contributed by atoms with Crippen molar-refractivity contribution in [2.75, 3.05) is 13.7 Å². The minimum Gasteiger partial charge on any atom is -0.497 e. The molecule has 7 nitrogen and oxygen atoms in total. The van der Waals surface area contributed by atoms with Crippen LogP contribution in [0.1, 0.15) is 22.6 Å². The van der Waals surface area contributed by atoms with Crippen molar-refractivity contribution in [3.63, 3.8) is 0 Å². The number of carbonyl (C=O) groups is 1. The molecule has 1 amide bonds. The Balaban J connectivity index is 1.42. The fourth-order valence-electron chi connectivity index (χ4n) is 3.24. The topological polar surface area (TPSA) is 77.7 Å². The molecule has 0 fully saturated rings. The molecule has 0 radical (unpaired) electrons. The first-order valence-corrected chi connectivity index (χ1v) is 9.13. The Kier molecular flexibility index (Phi) is 5.23. The number of nitrogens with zero attached hydrogens (tertiary/aromatic N) is 3. The van der Waals surface area contributed by atoms with Gasteiger partial charge >= 0.3 is 0 Å². The van der Waals surface area contributed by atoms with E-state index in [1.54, 1.807) is 19.5 Å². The second-order valence-electron chi connectivity index (χ2n) is 6.60. The molecule has 0 spiro atoms. The van der Waals surface area contributed by atoms with Crippen LogP contribution in [0.25, 0.3) is 0 Å². The molecule has 4 rings (SSSR count). The Morgan fingerprint density at radius 3 is 2.96 bits per heavy atom. The summed E-state index contributed by atoms with van der Waals surface area (Å²) < 4.78 is 16.4. The highest BCUT2D eigenvalue weighted by molar-refractivity contribution is 5.79. The quantitative estimate of drug-likeness (QED) is 0.655. The second-order valence-corrected chi connectivity index (χ2v) is 6.60. The van der Waals surface area contributed by atoms with Crippen LogP contribution < -0.4 is 9.47 Å². The summed E-state index contributed by atoms with van der Waals surface area (Å²) in [5.74, 6) is 2.32. The Bertz CT molecular complexity index is 955. The van der Waals surface area contributed by atoms with Gasteiger partial charge < -0.3 is 18.9 Å². The Labute approximate surface area is 162 Å². The lowest BCUT2D eigenvalue weighted by Gasteiger charge is -2.26. The Morgan fingerprint density at radius 2 is 2.14 bits per heavy atom. The third kappa shape index (κ3) is 3.98. The number of rotatable bonds is 6. The number of aromatic nitrogens is 2. The van der Waals surface area contributed by atoms with Crippen molar-refractivity contribution in [3.8, 4) is 11.5 Å². The number of carbonyl (C=O) groups excluding carboxylic acids is 1. The summed E-state index contributed by atoms with van der Waals surface area (Å²) in [6.07, 6.45) is 4.32. The van der Waals surface area contributed by atoms with Crippen LogP contribution >= 0.6 is 0 Å². The highest BCUT2D eigenvalue weighted by Crippen LogP contribution is 2.24. The van der Waals surface area contributed by atoms with Crippen molar-refractivity contribution in [2.24, 2.45) is 0 Å². The molecule has 3 aromatic rings. The third-order valence-corrected chi connectivity index (χ3v) is 4.76. The Morgan fingerprint density at radius 1 is 1.25 bits per heavy atom. The molecular formula is C21H21N3O4. The van der Waals surface area contributed by atoms with E-state index in [-0.39, 0.29) is 12.5 Å². The average Bonchev–Trinajstić information content (AvgIpc) is 3.15. The predicted octanol–water partition coefficient (Wildman–Crippen LogP) is 2.78. The van der Waals surface area contributed by atoms with E-state index in [0.717, 1.165) is 28.3 Å². The van der Waals surface area contributed by atoms with Gasteiger partial charge in [0.15, 0.2) is 0 Å². The van der Waals surface area contributed by atoms with Crippen LogP contribution in [0.4, 0.5) is 0 Å². The van der Waals surface area contributed by atoms with Gasteiger partial charge in [-0.1, -0.05) is 17.3 Å². The fourth-order valence-corrected chi connectivity index (χ4v) is 3.24. The van der Waals surface area contributed by atoms with Gasteiger partial charge in [-0.3, -0.25) is 9.78 Å². The van der Waals surface area contributed by atoms with Crippen molar-refractivity contribution in [3.05, 3.63) is 71.4 Å². The largest absolute Gasteiger partial charge is 0.497 e. The summed E-state index contributed by atoms with van der Waals surface area (Å²) >= 11 is 0. The number of ether oxygens (including phenoxy) is 2. The van der Waals surface area contributed by atoms with Crippen LogP contribution in [0.3, 0.4) is 0 Å². The number of pyridine rings is 1. The molecule has 0 aliphatic carbocycles. The minimum absolute atomic E-state index is 0.0687. The van der Waals surface area contributed by atoms with E-state index in [4.69, 9.17) is 14.0 Å². The molecule has 0 saturated carbocycles. The van der Waals surface area contributed by atoms with Gasteiger partial charge in [0, 0.05) is 24.7 Å². The molecule has 1 aromatic carbocycles. The first-order chi connectivity index (χ1) is 13.7. The SMILES string of the molecule is COc1cccc(CC(=O)N2CCc3onc(COc4cccnc4)c3C2)c1. The highest BCUT2D eigenvalue weighted by atomic mass is 16.5. The van der Waals surface area contributed by atoms with Crippen molar-refractivity contribution < 1.29 is 18.8 Å². The van der Waals surface area contributed by atoms with Gasteiger partial charge in [-0.15, -0.1) is 0 Å². The molecule has 28 heavy (non-hydrogen) atoms. The van der Waals surface area contributed by atoms with Crippen molar-refractivity contribution in [1.29, 1.82) is 0 Å². The van der Waals surface area contributed by atoms with Gasteiger partial charge in [-0.2, -0.15) is 0 Å². The molecular weight excluding hydrogens is 358 g/mol. The lowest BCUT2D eigenvalue weighted by Crippen LogP contribution is -2.36. The van der Waals surface area contributed by atoms with Crippen LogP contribution in [-0.4, -0.2) is 34.6 Å². The number of benzene rings is 1. The van der Waals surface area contributed by atoms with E-state index in [2.05, 4.69) is 10.1 Å². The van der Waals surface area contributed by atoms with Crippen LogP contribution in [0.2, 0.25) is 0 Å². The highest BCUT2D eigenvalue weighted by Gasteiger charge is 2.27. The summed E-state index contributed by atoms with van der Waals surface area (Å²) in [7, 11) is 1.62. The van der Waals surface area contributed by atoms with Crippen molar-refractivity contribution in [2.45, 2.75) is 26.0 Å². The van der Waals surface area contributed by atoms with E-state index in [0.29, 0.717) is 31.7 Å². The maximum absolute atomic E-state index is 12.8. The molecule has 0 N–H and O–H groups in total. The molecule has 0 saturated heterocycles. The van der Waals surface area contributed by atoms with Gasteiger partial charge in [0.2, 0.25) is 5.91 Å². The number of amides is 1. The summed E-state index contributed by atoms with van der Waals surface area (Å²) in [6, 6.07) is 11.2. The number of hydrogen-bond donors (Lipinski definition) is 0. The van der Waals surface area contributed by atoms with Gasteiger partial charge in [0.1, 0.15) is 29.6 Å². The Hall–Kier alpha value is -3.35. The predicted molar refractivity (Wildman–Crippen MR) is 101 cm³/mol. The summed E-state index contributed by atoms with van der Waals surface area (Å²) in [6.45, 7) is 1.38. The van der Waals surface area contributed by atoms with Crippen LogP contribution in [0.5, 0.6) is 11.5 Å². The van der Waals surface area contributed by atoms with Crippen LogP contribution in [0.15, 0.2) is 53.3 Å². The molecule has 1 aliphatic rings. The van der Waals surface area contributed by atoms with Gasteiger partial charge in [0.05, 0.1) is 26.3 Å². The molecule has 3 heterocycles. The number of hydrogen-bond acceptors (Lipinski definition) is 6. The zero-order valence-corrected chi connectivity index (χ0v) is 15.6. The molecule has 7 heteroatoms. The number of fused-ring (bicyclic) bond motifs is 1. The van der Waals surface area contributed by atoms with Crippen molar-refractivity contribution in [1.82, 2.24) is 15.0 Å². The van der Waals surface area contributed by atoms with Crippen LogP contribution in [0, 0.1) is 0 Å². The van der Waals surface area contributed by atoms with E-state index in [1.807, 2.05) is 41.3 Å². The van der Waals surface area contributed by atoms with E-state index < -0.39 is 0 Å². The van der Waals surface area contributed by atoms with Gasteiger partial charge in [0.25, 0.3) is 0 Å². The van der Waals surface area contributed by atoms with Crippen molar-refractivity contribution >= 4 is 5.91 Å². The minimum atomic E-state index is 0.0687. The second kappa shape index (κ2) is 8.12. The molecule has 2 aromatic heterocycles. The first-order valence-electron chi connectivity index (χ1n) is 9.13.